The van der Waals surface area contributed by atoms with E-state index in [1.54, 1.807) is 0 Å². The van der Waals surface area contributed by atoms with E-state index in [2.05, 4.69) is 36.4 Å². The highest BCUT2D eigenvalue weighted by atomic mass is 16.3. The van der Waals surface area contributed by atoms with Gasteiger partial charge in [0.2, 0.25) is 0 Å². The van der Waals surface area contributed by atoms with Crippen LogP contribution < -0.4 is 11.5 Å². The molecule has 0 unspecified atom stereocenters. The smallest absolute Gasteiger partial charge is 0.162 e. The second-order valence-electron chi connectivity index (χ2n) is 14.3. The van der Waals surface area contributed by atoms with Gasteiger partial charge in [0.1, 0.15) is 0 Å². The van der Waals surface area contributed by atoms with Crippen molar-refractivity contribution in [3.8, 4) is 0 Å². The maximum Gasteiger partial charge on any atom is 0.162 e. The van der Waals surface area contributed by atoms with E-state index < -0.39 is 11.1 Å². The number of benzene rings is 4. The number of aryl methyl sites for hydroxylation is 4. The van der Waals surface area contributed by atoms with Crippen LogP contribution in [0.3, 0.4) is 0 Å². The van der Waals surface area contributed by atoms with Crippen molar-refractivity contribution in [3.63, 3.8) is 0 Å². The van der Waals surface area contributed by atoms with Gasteiger partial charge in [-0.05, 0) is 86.5 Å². The highest BCUT2D eigenvalue weighted by Crippen LogP contribution is 2.17. The summed E-state index contributed by atoms with van der Waals surface area (Å²) in [6, 6.07) is 35.9. The largest absolute Gasteiger partial charge is 0.394 e. The SMILES string of the molecule is NC(CO)(CO)CCc1ccc(C(=O)CCCCCc2ccccc2)cc1.NC(CO)(CO)CCc1ccc(C(=O)CCCCc2ccccc2)cc1. The van der Waals surface area contributed by atoms with Gasteiger partial charge in [0.05, 0.1) is 37.5 Å². The van der Waals surface area contributed by atoms with Crippen LogP contribution in [-0.2, 0) is 25.7 Å². The predicted molar refractivity (Wildman–Crippen MR) is 213 cm³/mol. The monoisotopic (exact) mass is 724 g/mol. The minimum Gasteiger partial charge on any atom is -0.394 e. The molecule has 0 amide bonds. The summed E-state index contributed by atoms with van der Waals surface area (Å²) in [7, 11) is 0. The van der Waals surface area contributed by atoms with Crippen molar-refractivity contribution in [1.29, 1.82) is 0 Å². The van der Waals surface area contributed by atoms with E-state index in [-0.39, 0.29) is 38.0 Å². The molecule has 0 spiro atoms. The lowest BCUT2D eigenvalue weighted by Crippen LogP contribution is -2.47. The molecule has 0 saturated carbocycles. The Morgan fingerprint density at radius 1 is 0.415 bits per heavy atom. The molecule has 4 aromatic rings. The number of carbonyl (C=O) groups excluding carboxylic acids is 2. The van der Waals surface area contributed by atoms with Gasteiger partial charge in [-0.2, -0.15) is 0 Å². The van der Waals surface area contributed by atoms with E-state index in [4.69, 9.17) is 11.5 Å². The molecule has 0 heterocycles. The van der Waals surface area contributed by atoms with Crippen molar-refractivity contribution in [3.05, 3.63) is 143 Å². The molecule has 8 N–H and O–H groups in total. The van der Waals surface area contributed by atoms with Gasteiger partial charge in [0.15, 0.2) is 11.6 Å². The zero-order chi connectivity index (χ0) is 38.4. The molecule has 0 atom stereocenters. The summed E-state index contributed by atoms with van der Waals surface area (Å²) in [5, 5.41) is 36.9. The van der Waals surface area contributed by atoms with Gasteiger partial charge in [0, 0.05) is 24.0 Å². The summed E-state index contributed by atoms with van der Waals surface area (Å²) in [6.45, 7) is -0.985. The number of hydrogen-bond acceptors (Lipinski definition) is 8. The summed E-state index contributed by atoms with van der Waals surface area (Å²) in [5.41, 5.74) is 16.1. The van der Waals surface area contributed by atoms with Crippen LogP contribution in [0.2, 0.25) is 0 Å². The third-order valence-electron chi connectivity index (χ3n) is 9.81. The average Bonchev–Trinajstić information content (AvgIpc) is 3.21. The van der Waals surface area contributed by atoms with E-state index in [1.807, 2.05) is 72.8 Å². The maximum absolute atomic E-state index is 12.3. The van der Waals surface area contributed by atoms with Crippen molar-refractivity contribution >= 4 is 11.6 Å². The first-order valence-corrected chi connectivity index (χ1v) is 19.0. The molecular formula is C45H60N2O6. The number of ketones is 2. The van der Waals surface area contributed by atoms with Crippen molar-refractivity contribution in [2.75, 3.05) is 26.4 Å². The van der Waals surface area contributed by atoms with E-state index in [9.17, 15) is 30.0 Å². The van der Waals surface area contributed by atoms with E-state index in [1.165, 1.54) is 11.1 Å². The van der Waals surface area contributed by atoms with Gasteiger partial charge < -0.3 is 31.9 Å². The van der Waals surface area contributed by atoms with Gasteiger partial charge >= 0.3 is 0 Å². The Bertz CT molecular complexity index is 1590. The van der Waals surface area contributed by atoms with Crippen molar-refractivity contribution in [2.24, 2.45) is 11.5 Å². The van der Waals surface area contributed by atoms with Crippen LogP contribution >= 0.6 is 0 Å². The first-order valence-electron chi connectivity index (χ1n) is 19.0. The second-order valence-corrected chi connectivity index (χ2v) is 14.3. The van der Waals surface area contributed by atoms with Gasteiger partial charge in [-0.25, -0.2) is 0 Å². The molecule has 0 fully saturated rings. The summed E-state index contributed by atoms with van der Waals surface area (Å²) in [5.74, 6) is 0.351. The van der Waals surface area contributed by atoms with E-state index in [0.29, 0.717) is 38.5 Å². The topological polar surface area (TPSA) is 167 Å². The molecule has 0 aliphatic heterocycles. The molecule has 53 heavy (non-hydrogen) atoms. The summed E-state index contributed by atoms with van der Waals surface area (Å²) in [4.78, 5) is 24.6. The lowest BCUT2D eigenvalue weighted by molar-refractivity contribution is 0.0971. The number of Topliss-reactive ketones (excluding diaryl/α,β-unsaturated/α-hetero) is 2. The Balaban J connectivity index is 0.000000286. The van der Waals surface area contributed by atoms with Crippen molar-refractivity contribution < 1.29 is 30.0 Å². The molecule has 4 aromatic carbocycles. The fourth-order valence-electron chi connectivity index (χ4n) is 5.90. The third kappa shape index (κ3) is 16.3. The standard InChI is InChI=1S/C23H31NO3.C22H29NO3/c24-23(17-25,18-26)16-15-20-11-13-21(14-12-20)22(27)10-6-2-5-9-19-7-3-1-4-8-19;23-22(16-24,17-25)15-14-19-10-12-20(13-11-19)21(26)9-5-4-8-18-6-2-1-3-7-18/h1,3-4,7-8,11-14,25-26H,2,5-6,9-10,15-18,24H2;1-3,6-7,10-13,24-25H,4-5,8-9,14-17,23H2. The fraction of sp³-hybridized carbons (Fsp3) is 0.422. The Kier molecular flexibility index (Phi) is 19.3. The number of aliphatic hydroxyl groups is 4. The number of carbonyl (C=O) groups is 2. The predicted octanol–water partition coefficient (Wildman–Crippen LogP) is 6.18. The van der Waals surface area contributed by atoms with Gasteiger partial charge in [-0.3, -0.25) is 9.59 Å². The molecule has 286 valence electrons. The van der Waals surface area contributed by atoms with Crippen molar-refractivity contribution in [1.82, 2.24) is 0 Å². The maximum atomic E-state index is 12.3. The molecule has 0 bridgehead atoms. The Morgan fingerprint density at radius 3 is 1.09 bits per heavy atom. The van der Waals surface area contributed by atoms with Gasteiger partial charge in [-0.15, -0.1) is 0 Å². The van der Waals surface area contributed by atoms with Crippen LogP contribution in [0.4, 0.5) is 0 Å². The zero-order valence-corrected chi connectivity index (χ0v) is 31.2. The van der Waals surface area contributed by atoms with E-state index >= 15 is 0 Å². The molecule has 0 aromatic heterocycles. The fourth-order valence-corrected chi connectivity index (χ4v) is 5.90. The minimum absolute atomic E-state index is 0.170. The quantitative estimate of drug-likeness (QED) is 0.0390. The van der Waals surface area contributed by atoms with Crippen LogP contribution in [0, 0.1) is 0 Å². The van der Waals surface area contributed by atoms with Crippen molar-refractivity contribution in [2.45, 2.75) is 94.5 Å². The van der Waals surface area contributed by atoms with Gasteiger partial charge in [-0.1, -0.05) is 116 Å². The molecule has 0 saturated heterocycles. The highest BCUT2D eigenvalue weighted by molar-refractivity contribution is 5.96. The van der Waals surface area contributed by atoms with Gasteiger partial charge in [0.25, 0.3) is 0 Å². The van der Waals surface area contributed by atoms with Crippen LogP contribution in [0.25, 0.3) is 0 Å². The molecule has 0 aliphatic rings. The summed E-state index contributed by atoms with van der Waals surface area (Å²) in [6.07, 6.45) is 10.5. The molecule has 4 rings (SSSR count). The van der Waals surface area contributed by atoms with Crippen LogP contribution in [-0.4, -0.2) is 69.5 Å². The normalized spacial score (nSPS) is 11.5. The van der Waals surface area contributed by atoms with Crippen LogP contribution in [0.15, 0.2) is 109 Å². The Hall–Kier alpha value is -4.02. The Labute approximate surface area is 315 Å². The summed E-state index contributed by atoms with van der Waals surface area (Å²) < 4.78 is 0. The first-order chi connectivity index (χ1) is 25.6. The molecule has 0 radical (unpaired) electrons. The zero-order valence-electron chi connectivity index (χ0n) is 31.2. The van der Waals surface area contributed by atoms with E-state index in [0.717, 1.165) is 67.2 Å². The lowest BCUT2D eigenvalue weighted by Gasteiger charge is -2.24. The highest BCUT2D eigenvalue weighted by Gasteiger charge is 2.23. The minimum atomic E-state index is -0.951. The first kappa shape index (κ1) is 43.4. The number of nitrogens with two attached hydrogens (primary N) is 2. The number of aliphatic hydroxyl groups excluding tert-OH is 4. The molecule has 8 nitrogen and oxygen atoms in total. The molecule has 0 aliphatic carbocycles. The second kappa shape index (κ2) is 23.6. The molecular weight excluding hydrogens is 665 g/mol. The average molecular weight is 725 g/mol. The van der Waals surface area contributed by atoms with Crippen LogP contribution in [0.1, 0.15) is 101 Å². The Morgan fingerprint density at radius 2 is 0.736 bits per heavy atom. The third-order valence-corrected chi connectivity index (χ3v) is 9.81. The van der Waals surface area contributed by atoms with Crippen LogP contribution in [0.5, 0.6) is 0 Å². The number of rotatable bonds is 23. The molecule has 8 heteroatoms. The lowest BCUT2D eigenvalue weighted by atomic mass is 9.93. The summed E-state index contributed by atoms with van der Waals surface area (Å²) >= 11 is 0. The number of unbranched alkanes of at least 4 members (excludes halogenated alkanes) is 3. The number of hydrogen-bond donors (Lipinski definition) is 6.